The Morgan fingerprint density at radius 1 is 1.30 bits per heavy atom. The summed E-state index contributed by atoms with van der Waals surface area (Å²) in [4.78, 5) is 12.8. The number of rotatable bonds is 5. The molecule has 2 aromatic rings. The van der Waals surface area contributed by atoms with E-state index >= 15 is 0 Å². The SMILES string of the molecule is O=C(NCCc1ccccc1F)C1(n2cccn2)CCNCC1. The molecule has 2 heterocycles. The molecule has 1 saturated heterocycles. The summed E-state index contributed by atoms with van der Waals surface area (Å²) in [7, 11) is 0. The number of carbonyl (C=O) groups excluding carboxylic acids is 1. The first kappa shape index (κ1) is 15.7. The van der Waals surface area contributed by atoms with Crippen molar-refractivity contribution in [1.29, 1.82) is 0 Å². The molecular formula is C17H21FN4O. The Morgan fingerprint density at radius 3 is 2.78 bits per heavy atom. The third-order valence-corrected chi connectivity index (χ3v) is 4.43. The number of nitrogens with one attached hydrogen (secondary N) is 2. The first-order valence-electron chi connectivity index (χ1n) is 7.95. The van der Waals surface area contributed by atoms with Gasteiger partial charge in [0.2, 0.25) is 5.91 Å². The smallest absolute Gasteiger partial charge is 0.248 e. The van der Waals surface area contributed by atoms with Gasteiger partial charge in [0.25, 0.3) is 0 Å². The van der Waals surface area contributed by atoms with Gasteiger partial charge >= 0.3 is 0 Å². The van der Waals surface area contributed by atoms with Crippen LogP contribution in [0.15, 0.2) is 42.7 Å². The molecule has 1 aliphatic rings. The number of piperidine rings is 1. The largest absolute Gasteiger partial charge is 0.354 e. The Kier molecular flexibility index (Phi) is 4.71. The third kappa shape index (κ3) is 3.27. The highest BCUT2D eigenvalue weighted by atomic mass is 19.1. The van der Waals surface area contributed by atoms with Gasteiger partial charge in [0, 0.05) is 18.9 Å². The van der Waals surface area contributed by atoms with E-state index in [1.165, 1.54) is 6.07 Å². The van der Waals surface area contributed by atoms with Crippen LogP contribution >= 0.6 is 0 Å². The van der Waals surface area contributed by atoms with Crippen molar-refractivity contribution in [2.75, 3.05) is 19.6 Å². The van der Waals surface area contributed by atoms with Crippen LogP contribution in [0.2, 0.25) is 0 Å². The van der Waals surface area contributed by atoms with Gasteiger partial charge in [-0.3, -0.25) is 9.48 Å². The predicted octanol–water partition coefficient (Wildman–Crippen LogP) is 1.46. The van der Waals surface area contributed by atoms with Gasteiger partial charge in [-0.2, -0.15) is 5.10 Å². The fraction of sp³-hybridized carbons (Fsp3) is 0.412. The third-order valence-electron chi connectivity index (χ3n) is 4.43. The maximum Gasteiger partial charge on any atom is 0.248 e. The van der Waals surface area contributed by atoms with Crippen molar-refractivity contribution in [2.24, 2.45) is 0 Å². The van der Waals surface area contributed by atoms with Crippen LogP contribution in [0.3, 0.4) is 0 Å². The number of hydrogen-bond acceptors (Lipinski definition) is 3. The second-order valence-corrected chi connectivity index (χ2v) is 5.83. The lowest BCUT2D eigenvalue weighted by molar-refractivity contribution is -0.131. The van der Waals surface area contributed by atoms with Crippen molar-refractivity contribution in [3.8, 4) is 0 Å². The maximum atomic E-state index is 13.6. The lowest BCUT2D eigenvalue weighted by Crippen LogP contribution is -2.54. The Morgan fingerprint density at radius 2 is 2.09 bits per heavy atom. The molecule has 0 bridgehead atoms. The zero-order valence-corrected chi connectivity index (χ0v) is 13.0. The molecule has 1 aromatic heterocycles. The molecule has 0 spiro atoms. The molecule has 3 rings (SSSR count). The van der Waals surface area contributed by atoms with Crippen molar-refractivity contribution in [3.05, 3.63) is 54.1 Å². The van der Waals surface area contributed by atoms with Crippen molar-refractivity contribution >= 4 is 5.91 Å². The molecule has 0 aliphatic carbocycles. The van der Waals surface area contributed by atoms with E-state index in [1.54, 1.807) is 29.1 Å². The Bertz CT molecular complexity index is 650. The highest BCUT2D eigenvalue weighted by molar-refractivity contribution is 5.84. The second kappa shape index (κ2) is 6.91. The summed E-state index contributed by atoms with van der Waals surface area (Å²) in [5.74, 6) is -0.274. The van der Waals surface area contributed by atoms with E-state index in [2.05, 4.69) is 15.7 Å². The topological polar surface area (TPSA) is 59.0 Å². The van der Waals surface area contributed by atoms with Gasteiger partial charge in [0.05, 0.1) is 0 Å². The standard InChI is InChI=1S/C17H21FN4O/c18-15-5-2-1-4-14(15)6-10-20-16(23)17(7-11-19-12-8-17)22-13-3-9-21-22/h1-5,9,13,19H,6-8,10-12H2,(H,20,23). The van der Waals surface area contributed by atoms with Crippen molar-refractivity contribution in [2.45, 2.75) is 24.8 Å². The van der Waals surface area contributed by atoms with Gasteiger partial charge in [0.15, 0.2) is 0 Å². The summed E-state index contributed by atoms with van der Waals surface area (Å²) in [5, 5.41) is 10.5. The summed E-state index contributed by atoms with van der Waals surface area (Å²) in [6.45, 7) is 1.97. The van der Waals surface area contributed by atoms with Crippen molar-refractivity contribution in [3.63, 3.8) is 0 Å². The Balaban J connectivity index is 1.66. The summed E-state index contributed by atoms with van der Waals surface area (Å²) in [5.41, 5.74) is -0.0319. The zero-order valence-electron chi connectivity index (χ0n) is 13.0. The van der Waals surface area contributed by atoms with Crippen LogP contribution in [0.25, 0.3) is 0 Å². The lowest BCUT2D eigenvalue weighted by Gasteiger charge is -2.36. The molecule has 0 radical (unpaired) electrons. The molecule has 0 saturated carbocycles. The highest BCUT2D eigenvalue weighted by Crippen LogP contribution is 2.27. The summed E-state index contributed by atoms with van der Waals surface area (Å²) in [6.07, 6.45) is 5.39. The quantitative estimate of drug-likeness (QED) is 0.878. The van der Waals surface area contributed by atoms with Crippen LogP contribution in [0.5, 0.6) is 0 Å². The van der Waals surface area contributed by atoms with E-state index in [9.17, 15) is 9.18 Å². The van der Waals surface area contributed by atoms with Crippen LogP contribution in [-0.2, 0) is 16.8 Å². The normalized spacial score (nSPS) is 16.9. The second-order valence-electron chi connectivity index (χ2n) is 5.83. The van der Waals surface area contributed by atoms with Crippen molar-refractivity contribution in [1.82, 2.24) is 20.4 Å². The number of amides is 1. The molecular weight excluding hydrogens is 295 g/mol. The lowest BCUT2D eigenvalue weighted by atomic mass is 9.87. The average Bonchev–Trinajstić information content (AvgIpc) is 3.12. The number of aromatic nitrogens is 2. The van der Waals surface area contributed by atoms with E-state index in [-0.39, 0.29) is 11.7 Å². The summed E-state index contributed by atoms with van der Waals surface area (Å²) >= 11 is 0. The van der Waals surface area contributed by atoms with Crippen LogP contribution in [0.4, 0.5) is 4.39 Å². The molecule has 23 heavy (non-hydrogen) atoms. The average molecular weight is 316 g/mol. The monoisotopic (exact) mass is 316 g/mol. The van der Waals surface area contributed by atoms with Gasteiger partial charge in [-0.25, -0.2) is 4.39 Å². The highest BCUT2D eigenvalue weighted by Gasteiger charge is 2.41. The first-order chi connectivity index (χ1) is 11.2. The molecule has 1 fully saturated rings. The van der Waals surface area contributed by atoms with Crippen molar-refractivity contribution < 1.29 is 9.18 Å². The summed E-state index contributed by atoms with van der Waals surface area (Å²) < 4.78 is 15.4. The number of halogens is 1. The van der Waals surface area contributed by atoms with Gasteiger partial charge in [0.1, 0.15) is 11.4 Å². The molecule has 6 heteroatoms. The van der Waals surface area contributed by atoms with Gasteiger partial charge in [-0.05, 0) is 50.0 Å². The van der Waals surface area contributed by atoms with Crippen LogP contribution in [0, 0.1) is 5.82 Å². The molecule has 1 aliphatic heterocycles. The van der Waals surface area contributed by atoms with E-state index in [4.69, 9.17) is 0 Å². The van der Waals surface area contributed by atoms with Crippen LogP contribution < -0.4 is 10.6 Å². The minimum atomic E-state index is -0.649. The van der Waals surface area contributed by atoms with E-state index in [0.29, 0.717) is 31.4 Å². The first-order valence-corrected chi connectivity index (χ1v) is 7.95. The molecule has 0 atom stereocenters. The predicted molar refractivity (Wildman–Crippen MR) is 85.4 cm³/mol. The molecule has 2 N–H and O–H groups in total. The van der Waals surface area contributed by atoms with Gasteiger partial charge < -0.3 is 10.6 Å². The van der Waals surface area contributed by atoms with Gasteiger partial charge in [-0.15, -0.1) is 0 Å². The molecule has 5 nitrogen and oxygen atoms in total. The van der Waals surface area contributed by atoms with Crippen LogP contribution in [0.1, 0.15) is 18.4 Å². The fourth-order valence-electron chi connectivity index (χ4n) is 3.10. The summed E-state index contributed by atoms with van der Waals surface area (Å²) in [6, 6.07) is 8.48. The van der Waals surface area contributed by atoms with Crippen LogP contribution in [-0.4, -0.2) is 35.3 Å². The number of hydrogen-bond donors (Lipinski definition) is 2. The van der Waals surface area contributed by atoms with E-state index in [1.807, 2.05) is 12.3 Å². The maximum absolute atomic E-state index is 13.6. The minimum absolute atomic E-state index is 0.0426. The Hall–Kier alpha value is -2.21. The van der Waals surface area contributed by atoms with Gasteiger partial charge in [-0.1, -0.05) is 18.2 Å². The minimum Gasteiger partial charge on any atom is -0.354 e. The number of nitrogens with zero attached hydrogens (tertiary/aromatic N) is 2. The Labute approximate surface area is 134 Å². The van der Waals surface area contributed by atoms with E-state index in [0.717, 1.165) is 13.1 Å². The molecule has 0 unspecified atom stereocenters. The molecule has 1 aromatic carbocycles. The number of carbonyl (C=O) groups is 1. The van der Waals surface area contributed by atoms with E-state index < -0.39 is 5.54 Å². The number of benzene rings is 1. The zero-order chi connectivity index (χ0) is 16.1. The fourth-order valence-corrected chi connectivity index (χ4v) is 3.10. The molecule has 122 valence electrons. The molecule has 1 amide bonds.